The van der Waals surface area contributed by atoms with E-state index in [0.29, 0.717) is 25.2 Å². The summed E-state index contributed by atoms with van der Waals surface area (Å²) in [5.41, 5.74) is 1.15. The number of carbonyl (C=O) groups excluding carboxylic acids is 1. The monoisotopic (exact) mass is 415 g/mol. The Hall–Kier alpha value is -2.01. The van der Waals surface area contributed by atoms with Crippen LogP contribution in [0.4, 0.5) is 13.2 Å². The molecule has 1 aromatic carbocycles. The van der Waals surface area contributed by atoms with E-state index in [1.54, 1.807) is 35.8 Å². The van der Waals surface area contributed by atoms with Gasteiger partial charge in [0.25, 0.3) is 5.91 Å². The first-order chi connectivity index (χ1) is 13.4. The molecule has 1 aliphatic heterocycles. The smallest absolute Gasteiger partial charge is 0.315 e. The maximum atomic E-state index is 13.1. The number of thiazole rings is 1. The van der Waals surface area contributed by atoms with Crippen LogP contribution in [-0.4, -0.2) is 64.3 Å². The Kier molecular flexibility index (Phi) is 6.65. The molecule has 2 atom stereocenters. The summed E-state index contributed by atoms with van der Waals surface area (Å²) in [7, 11) is 0. The Morgan fingerprint density at radius 1 is 1.32 bits per heavy atom. The number of carbonyl (C=O) groups is 1. The minimum atomic E-state index is -3.27. The number of alkyl halides is 3. The number of rotatable bonds is 8. The lowest BCUT2D eigenvalue weighted by atomic mass is 10.0. The summed E-state index contributed by atoms with van der Waals surface area (Å²) in [5, 5.41) is 22.2. The molecule has 2 heterocycles. The number of nitrogens with zero attached hydrogens (tertiary/aromatic N) is 2. The number of halogens is 3. The molecule has 2 aromatic rings. The molecular formula is C18H20F3N3O3S. The third-order valence-electron chi connectivity index (χ3n) is 4.46. The Bertz CT molecular complexity index is 797. The van der Waals surface area contributed by atoms with Gasteiger partial charge in [0.2, 0.25) is 0 Å². The van der Waals surface area contributed by atoms with Crippen LogP contribution >= 0.6 is 11.3 Å². The van der Waals surface area contributed by atoms with Crippen molar-refractivity contribution in [2.45, 2.75) is 31.2 Å². The minimum absolute atomic E-state index is 0.267. The van der Waals surface area contributed by atoms with Crippen molar-refractivity contribution in [1.82, 2.24) is 15.2 Å². The van der Waals surface area contributed by atoms with Crippen LogP contribution < -0.4 is 5.32 Å². The highest BCUT2D eigenvalue weighted by Gasteiger charge is 2.27. The van der Waals surface area contributed by atoms with Crippen molar-refractivity contribution >= 4 is 17.2 Å². The van der Waals surface area contributed by atoms with E-state index in [9.17, 15) is 28.2 Å². The fraction of sp³-hybridized carbons (Fsp3) is 0.444. The number of hydrogen-bond donors (Lipinski definition) is 3. The quantitative estimate of drug-likeness (QED) is 0.612. The van der Waals surface area contributed by atoms with Crippen LogP contribution in [0, 0.1) is 0 Å². The third-order valence-corrected chi connectivity index (χ3v) is 5.49. The summed E-state index contributed by atoms with van der Waals surface area (Å²) < 4.78 is 37.7. The number of benzene rings is 1. The van der Waals surface area contributed by atoms with Crippen LogP contribution in [0.3, 0.4) is 0 Å². The fourth-order valence-electron chi connectivity index (χ4n) is 2.90. The van der Waals surface area contributed by atoms with E-state index in [1.807, 2.05) is 0 Å². The van der Waals surface area contributed by atoms with Gasteiger partial charge in [0.15, 0.2) is 0 Å². The van der Waals surface area contributed by atoms with Crippen LogP contribution in [0.15, 0.2) is 30.5 Å². The summed E-state index contributed by atoms with van der Waals surface area (Å²) in [6, 6.07) is 5.10. The van der Waals surface area contributed by atoms with Crippen molar-refractivity contribution in [3.63, 3.8) is 0 Å². The first kappa shape index (κ1) is 20.7. The molecule has 10 heteroatoms. The van der Waals surface area contributed by atoms with Gasteiger partial charge in [-0.2, -0.15) is 8.78 Å². The van der Waals surface area contributed by atoms with E-state index in [0.717, 1.165) is 15.4 Å². The molecule has 3 N–H and O–H groups in total. The molecule has 28 heavy (non-hydrogen) atoms. The highest BCUT2D eigenvalue weighted by Crippen LogP contribution is 2.29. The van der Waals surface area contributed by atoms with Gasteiger partial charge in [-0.3, -0.25) is 9.69 Å². The van der Waals surface area contributed by atoms with E-state index in [2.05, 4.69) is 9.88 Å². The lowest BCUT2D eigenvalue weighted by Gasteiger charge is -2.34. The topological polar surface area (TPSA) is 85.7 Å². The molecule has 1 amide bonds. The van der Waals surface area contributed by atoms with E-state index >= 15 is 0 Å². The van der Waals surface area contributed by atoms with Gasteiger partial charge in [0.05, 0.1) is 23.6 Å². The SMILES string of the molecule is O=C(N[C@H](CF)[C@H](O)c1ccc(-c2cnc(CN3CC(O)C3)s2)cc1)C(F)F. The Morgan fingerprint density at radius 3 is 2.57 bits per heavy atom. The second-order valence-electron chi connectivity index (χ2n) is 6.60. The molecule has 3 rings (SSSR count). The van der Waals surface area contributed by atoms with Gasteiger partial charge in [-0.05, 0) is 11.1 Å². The van der Waals surface area contributed by atoms with Crippen LogP contribution in [0.2, 0.25) is 0 Å². The number of hydrogen-bond acceptors (Lipinski definition) is 6. The summed E-state index contributed by atoms with van der Waals surface area (Å²) in [6.45, 7) is 0.768. The number of β-amino-alcohol motifs (C(OH)–C–C–N with tert-alkyl or cyclic N) is 1. The molecule has 0 unspecified atom stereocenters. The molecule has 0 spiro atoms. The largest absolute Gasteiger partial charge is 0.390 e. The minimum Gasteiger partial charge on any atom is -0.390 e. The number of aliphatic hydroxyl groups is 2. The second-order valence-corrected chi connectivity index (χ2v) is 7.72. The van der Waals surface area contributed by atoms with E-state index in [1.165, 1.54) is 11.3 Å². The van der Waals surface area contributed by atoms with E-state index in [4.69, 9.17) is 0 Å². The Balaban J connectivity index is 1.64. The van der Waals surface area contributed by atoms with Crippen molar-refractivity contribution < 1.29 is 28.2 Å². The van der Waals surface area contributed by atoms with Gasteiger partial charge >= 0.3 is 6.43 Å². The Labute approximate surface area is 163 Å². The lowest BCUT2D eigenvalue weighted by molar-refractivity contribution is -0.133. The van der Waals surface area contributed by atoms with Crippen LogP contribution in [0.5, 0.6) is 0 Å². The zero-order chi connectivity index (χ0) is 20.3. The van der Waals surface area contributed by atoms with E-state index in [-0.39, 0.29) is 6.10 Å². The molecule has 152 valence electrons. The second kappa shape index (κ2) is 8.99. The van der Waals surface area contributed by atoms with Crippen molar-refractivity contribution in [3.8, 4) is 10.4 Å². The molecular weight excluding hydrogens is 395 g/mol. The molecule has 1 aromatic heterocycles. The Morgan fingerprint density at radius 2 is 2.00 bits per heavy atom. The van der Waals surface area contributed by atoms with Gasteiger partial charge in [-0.25, -0.2) is 9.37 Å². The average molecular weight is 415 g/mol. The standard InChI is InChI=1S/C18H20F3N3O3S/c19-5-13(23-18(27)17(20)21)16(26)11-3-1-10(2-4-11)14-6-22-15(28-14)9-24-7-12(25)8-24/h1-4,6,12-13,16-17,25-26H,5,7-9H2,(H,23,27)/t13-,16-/m1/s1. The molecule has 6 nitrogen and oxygen atoms in total. The molecule has 0 bridgehead atoms. The van der Waals surface area contributed by atoms with Gasteiger partial charge in [0, 0.05) is 19.3 Å². The fourth-order valence-corrected chi connectivity index (χ4v) is 3.87. The first-order valence-corrected chi connectivity index (χ1v) is 9.47. The maximum Gasteiger partial charge on any atom is 0.315 e. The number of nitrogens with one attached hydrogen (secondary N) is 1. The molecule has 0 saturated carbocycles. The number of amides is 1. The molecule has 1 saturated heterocycles. The van der Waals surface area contributed by atoms with Crippen LogP contribution in [0.1, 0.15) is 16.7 Å². The van der Waals surface area contributed by atoms with Gasteiger partial charge in [-0.1, -0.05) is 24.3 Å². The highest BCUT2D eigenvalue weighted by molar-refractivity contribution is 7.15. The molecule has 1 fully saturated rings. The molecule has 1 aliphatic rings. The van der Waals surface area contributed by atoms with Crippen molar-refractivity contribution in [3.05, 3.63) is 41.0 Å². The van der Waals surface area contributed by atoms with Gasteiger partial charge in [-0.15, -0.1) is 11.3 Å². The average Bonchev–Trinajstić information content (AvgIpc) is 3.12. The van der Waals surface area contributed by atoms with Crippen LogP contribution in [-0.2, 0) is 11.3 Å². The predicted molar refractivity (Wildman–Crippen MR) is 97.7 cm³/mol. The van der Waals surface area contributed by atoms with Gasteiger partial charge in [0.1, 0.15) is 17.8 Å². The number of likely N-dealkylation sites (tertiary alicyclic amines) is 1. The predicted octanol–water partition coefficient (Wildman–Crippen LogP) is 1.74. The number of aromatic nitrogens is 1. The highest BCUT2D eigenvalue weighted by atomic mass is 32.1. The van der Waals surface area contributed by atoms with Gasteiger partial charge < -0.3 is 15.5 Å². The zero-order valence-corrected chi connectivity index (χ0v) is 15.6. The molecule has 0 radical (unpaired) electrons. The third kappa shape index (κ3) is 4.88. The summed E-state index contributed by atoms with van der Waals surface area (Å²) >= 11 is 1.50. The zero-order valence-electron chi connectivity index (χ0n) is 14.8. The maximum absolute atomic E-state index is 13.1. The lowest BCUT2D eigenvalue weighted by Crippen LogP contribution is -2.49. The normalized spacial score (nSPS) is 17.4. The summed E-state index contributed by atoms with van der Waals surface area (Å²) in [6.07, 6.45) is -3.26. The molecule has 0 aliphatic carbocycles. The number of aliphatic hydroxyl groups excluding tert-OH is 2. The van der Waals surface area contributed by atoms with E-state index < -0.39 is 31.2 Å². The van der Waals surface area contributed by atoms with Crippen molar-refractivity contribution in [1.29, 1.82) is 0 Å². The van der Waals surface area contributed by atoms with Crippen LogP contribution in [0.25, 0.3) is 10.4 Å². The van der Waals surface area contributed by atoms with Crippen molar-refractivity contribution in [2.24, 2.45) is 0 Å². The first-order valence-electron chi connectivity index (χ1n) is 8.65. The van der Waals surface area contributed by atoms with Crippen molar-refractivity contribution in [2.75, 3.05) is 19.8 Å². The summed E-state index contributed by atoms with van der Waals surface area (Å²) in [4.78, 5) is 18.4. The summed E-state index contributed by atoms with van der Waals surface area (Å²) in [5.74, 6) is -1.62.